The Morgan fingerprint density at radius 2 is 2.12 bits per heavy atom. The van der Waals surface area contributed by atoms with E-state index in [0.717, 1.165) is 25.8 Å². The molecule has 1 aliphatic heterocycles. The summed E-state index contributed by atoms with van der Waals surface area (Å²) in [6, 6.07) is 4.24. The van der Waals surface area contributed by atoms with Crippen molar-refractivity contribution in [2.24, 2.45) is 10.8 Å². The number of carbonyl (C=O) groups is 1. The van der Waals surface area contributed by atoms with Gasteiger partial charge in [0, 0.05) is 24.7 Å². The van der Waals surface area contributed by atoms with E-state index in [-0.39, 0.29) is 45.8 Å². The normalized spacial score (nSPS) is 27.2. The SMILES string of the molecule is CC1(C)C[C@H]2C[C@](C)(CN2C(=O)COc2ccc([N+](=O)[O-])cc2Cl)C1. The molecular weight excluding hydrogens is 344 g/mol. The maximum atomic E-state index is 12.7. The lowest BCUT2D eigenvalue weighted by Crippen LogP contribution is -2.40. The van der Waals surface area contributed by atoms with Crippen LogP contribution in [0.2, 0.25) is 5.02 Å². The van der Waals surface area contributed by atoms with E-state index < -0.39 is 4.92 Å². The lowest BCUT2D eigenvalue weighted by atomic mass is 9.65. The Morgan fingerprint density at radius 1 is 1.40 bits per heavy atom. The van der Waals surface area contributed by atoms with Crippen LogP contribution in [0.25, 0.3) is 0 Å². The van der Waals surface area contributed by atoms with Crippen LogP contribution in [0.5, 0.6) is 5.75 Å². The maximum absolute atomic E-state index is 12.7. The van der Waals surface area contributed by atoms with Gasteiger partial charge in [0.15, 0.2) is 6.61 Å². The van der Waals surface area contributed by atoms with E-state index in [4.69, 9.17) is 16.3 Å². The molecule has 2 atom stereocenters. The molecule has 1 saturated heterocycles. The largest absolute Gasteiger partial charge is 0.482 e. The maximum Gasteiger partial charge on any atom is 0.271 e. The Labute approximate surface area is 152 Å². The molecule has 6 nitrogen and oxygen atoms in total. The molecule has 1 aromatic rings. The number of likely N-dealkylation sites (tertiary alicyclic amines) is 1. The third-order valence-electron chi connectivity index (χ3n) is 5.21. The number of nitro groups is 1. The van der Waals surface area contributed by atoms with Crippen molar-refractivity contribution < 1.29 is 14.5 Å². The van der Waals surface area contributed by atoms with Gasteiger partial charge < -0.3 is 9.64 Å². The highest BCUT2D eigenvalue weighted by Gasteiger charge is 2.50. The summed E-state index contributed by atoms with van der Waals surface area (Å²) in [6.07, 6.45) is 3.17. The van der Waals surface area contributed by atoms with Crippen molar-refractivity contribution in [1.82, 2.24) is 4.90 Å². The first-order valence-corrected chi connectivity index (χ1v) is 8.83. The fourth-order valence-corrected chi connectivity index (χ4v) is 4.92. The number of hydrogen-bond donors (Lipinski definition) is 0. The second-order valence-corrected chi connectivity index (χ2v) is 8.80. The quantitative estimate of drug-likeness (QED) is 0.595. The number of benzene rings is 1. The molecule has 0 unspecified atom stereocenters. The second-order valence-electron chi connectivity index (χ2n) is 8.40. The van der Waals surface area contributed by atoms with Crippen molar-refractivity contribution in [2.45, 2.75) is 46.1 Å². The molecule has 1 aromatic carbocycles. The van der Waals surface area contributed by atoms with E-state index in [1.807, 2.05) is 4.90 Å². The topological polar surface area (TPSA) is 72.7 Å². The van der Waals surface area contributed by atoms with Crippen LogP contribution in [0.15, 0.2) is 18.2 Å². The number of carbonyl (C=O) groups excluding carboxylic acids is 1. The molecule has 1 amide bonds. The van der Waals surface area contributed by atoms with Crippen molar-refractivity contribution in [2.75, 3.05) is 13.2 Å². The van der Waals surface area contributed by atoms with Crippen LogP contribution in [0, 0.1) is 20.9 Å². The number of ether oxygens (including phenoxy) is 1. The third kappa shape index (κ3) is 3.73. The zero-order chi connectivity index (χ0) is 18.4. The van der Waals surface area contributed by atoms with Crippen LogP contribution in [0.3, 0.4) is 0 Å². The highest BCUT2D eigenvalue weighted by molar-refractivity contribution is 6.32. The number of fused-ring (bicyclic) bond motifs is 2. The molecule has 1 saturated carbocycles. The van der Waals surface area contributed by atoms with Gasteiger partial charge in [-0.3, -0.25) is 14.9 Å². The average Bonchev–Trinajstić information content (AvgIpc) is 2.74. The first-order chi connectivity index (χ1) is 11.6. The van der Waals surface area contributed by atoms with Gasteiger partial charge in [-0.1, -0.05) is 32.4 Å². The summed E-state index contributed by atoms with van der Waals surface area (Å²) >= 11 is 6.01. The number of halogens is 1. The molecule has 0 spiro atoms. The molecule has 2 aliphatic rings. The molecule has 0 N–H and O–H groups in total. The van der Waals surface area contributed by atoms with E-state index in [0.29, 0.717) is 0 Å². The molecule has 25 heavy (non-hydrogen) atoms. The number of nitrogens with zero attached hydrogens (tertiary/aromatic N) is 2. The van der Waals surface area contributed by atoms with Crippen molar-refractivity contribution in [3.63, 3.8) is 0 Å². The summed E-state index contributed by atoms with van der Waals surface area (Å²) in [7, 11) is 0. The minimum Gasteiger partial charge on any atom is -0.482 e. The summed E-state index contributed by atoms with van der Waals surface area (Å²) < 4.78 is 5.53. The molecule has 2 bridgehead atoms. The molecule has 0 aromatic heterocycles. The smallest absolute Gasteiger partial charge is 0.271 e. The first-order valence-electron chi connectivity index (χ1n) is 8.45. The van der Waals surface area contributed by atoms with Gasteiger partial charge in [-0.05, 0) is 36.2 Å². The highest BCUT2D eigenvalue weighted by atomic mass is 35.5. The molecular formula is C18H23ClN2O4. The monoisotopic (exact) mass is 366 g/mol. The third-order valence-corrected chi connectivity index (χ3v) is 5.51. The predicted octanol–water partition coefficient (Wildman–Crippen LogP) is 4.05. The predicted molar refractivity (Wildman–Crippen MR) is 94.8 cm³/mol. The van der Waals surface area contributed by atoms with Crippen molar-refractivity contribution in [3.8, 4) is 5.75 Å². The Hall–Kier alpha value is -1.82. The first kappa shape index (κ1) is 18.0. The lowest BCUT2D eigenvalue weighted by molar-refractivity contribution is -0.384. The van der Waals surface area contributed by atoms with Crippen molar-refractivity contribution in [3.05, 3.63) is 33.3 Å². The number of rotatable bonds is 4. The summed E-state index contributed by atoms with van der Waals surface area (Å²) in [6.45, 7) is 7.43. The van der Waals surface area contributed by atoms with Crippen LogP contribution in [0.1, 0.15) is 40.0 Å². The average molecular weight is 367 g/mol. The van der Waals surface area contributed by atoms with E-state index in [9.17, 15) is 14.9 Å². The zero-order valence-corrected chi connectivity index (χ0v) is 15.5. The Balaban J connectivity index is 1.65. The fourth-order valence-electron chi connectivity index (χ4n) is 4.69. The number of non-ortho nitro benzene ring substituents is 1. The Kier molecular flexibility index (Phi) is 4.43. The Bertz CT molecular complexity index is 721. The van der Waals surface area contributed by atoms with E-state index in [1.54, 1.807) is 0 Å². The molecule has 1 aliphatic carbocycles. The van der Waals surface area contributed by atoms with Gasteiger partial charge in [0.25, 0.3) is 11.6 Å². The summed E-state index contributed by atoms with van der Waals surface area (Å²) in [4.78, 5) is 24.8. The standard InChI is InChI=1S/C18H23ClN2O4/c1-17(2)7-13-8-18(3,10-17)11-20(13)16(22)9-25-15-5-4-12(21(23)24)6-14(15)19/h4-6,13H,7-11H2,1-3H3/t13-,18-/m0/s1. The molecule has 7 heteroatoms. The van der Waals surface area contributed by atoms with E-state index in [2.05, 4.69) is 20.8 Å². The fraction of sp³-hybridized carbons (Fsp3) is 0.611. The Morgan fingerprint density at radius 3 is 2.76 bits per heavy atom. The van der Waals surface area contributed by atoms with Crippen molar-refractivity contribution in [1.29, 1.82) is 0 Å². The number of nitro benzene ring substituents is 1. The van der Waals surface area contributed by atoms with Gasteiger partial charge >= 0.3 is 0 Å². The number of hydrogen-bond acceptors (Lipinski definition) is 4. The van der Waals surface area contributed by atoms with Gasteiger partial charge in [-0.2, -0.15) is 0 Å². The minimum atomic E-state index is -0.520. The summed E-state index contributed by atoms with van der Waals surface area (Å²) in [5.41, 5.74) is 0.314. The summed E-state index contributed by atoms with van der Waals surface area (Å²) in [5, 5.41) is 10.9. The number of amides is 1. The van der Waals surface area contributed by atoms with Gasteiger partial charge in [-0.15, -0.1) is 0 Å². The van der Waals surface area contributed by atoms with Crippen molar-refractivity contribution >= 4 is 23.2 Å². The molecule has 136 valence electrons. The van der Waals surface area contributed by atoms with Crippen LogP contribution < -0.4 is 4.74 Å². The van der Waals surface area contributed by atoms with Gasteiger partial charge in [-0.25, -0.2) is 0 Å². The van der Waals surface area contributed by atoms with Gasteiger partial charge in [0.1, 0.15) is 5.75 Å². The van der Waals surface area contributed by atoms with Crippen LogP contribution in [-0.2, 0) is 4.79 Å². The molecule has 0 radical (unpaired) electrons. The summed E-state index contributed by atoms with van der Waals surface area (Å²) in [5.74, 6) is 0.232. The van der Waals surface area contributed by atoms with Crippen LogP contribution in [0.4, 0.5) is 5.69 Å². The van der Waals surface area contributed by atoms with Gasteiger partial charge in [0.05, 0.1) is 9.95 Å². The second kappa shape index (κ2) is 6.16. The van der Waals surface area contributed by atoms with E-state index in [1.165, 1.54) is 18.2 Å². The van der Waals surface area contributed by atoms with Gasteiger partial charge in [0.2, 0.25) is 0 Å². The zero-order valence-electron chi connectivity index (χ0n) is 14.8. The van der Waals surface area contributed by atoms with Crippen LogP contribution >= 0.6 is 11.6 Å². The lowest BCUT2D eigenvalue weighted by Gasteiger charge is -2.39. The molecule has 2 fully saturated rings. The minimum absolute atomic E-state index is 0.0548. The molecule has 3 rings (SSSR count). The van der Waals surface area contributed by atoms with E-state index >= 15 is 0 Å². The molecule has 1 heterocycles. The van der Waals surface area contributed by atoms with Crippen LogP contribution in [-0.4, -0.2) is 34.9 Å². The highest BCUT2D eigenvalue weighted by Crippen LogP contribution is 2.52.